The number of piperidine rings is 1. The molecule has 1 saturated heterocycles. The Hall–Kier alpha value is -3.55. The summed E-state index contributed by atoms with van der Waals surface area (Å²) in [6, 6.07) is 8.58. The van der Waals surface area contributed by atoms with E-state index in [0.717, 1.165) is 55.2 Å². The van der Waals surface area contributed by atoms with Crippen LogP contribution in [0.2, 0.25) is 0 Å². The van der Waals surface area contributed by atoms with E-state index in [-0.39, 0.29) is 11.5 Å². The second-order valence-electron chi connectivity index (χ2n) is 10.4. The average Bonchev–Trinajstić information content (AvgIpc) is 3.22. The minimum Gasteiger partial charge on any atom is -0.474 e. The minimum absolute atomic E-state index is 0.0966. The second-order valence-corrected chi connectivity index (χ2v) is 10.4. The standard InChI is InChI=1S/C27H33N7O/c1-18-6-7-20(27(2,3)4)14-19(18)15-22-24-25(30-17-33(24)5)32-26(31-22)34-12-9-21(10-13-34)35-23-8-11-28-16-29-23/h6-8,11,14,16-17,21H,9-10,12-13,15H2,1-5H3. The van der Waals surface area contributed by atoms with Crippen LogP contribution in [-0.2, 0) is 18.9 Å². The molecule has 0 amide bonds. The second kappa shape index (κ2) is 9.24. The van der Waals surface area contributed by atoms with Gasteiger partial charge >= 0.3 is 0 Å². The quantitative estimate of drug-likeness (QED) is 0.427. The van der Waals surface area contributed by atoms with E-state index in [0.29, 0.717) is 5.88 Å². The monoisotopic (exact) mass is 471 g/mol. The first-order valence-electron chi connectivity index (χ1n) is 12.2. The van der Waals surface area contributed by atoms with Crippen LogP contribution in [0.3, 0.4) is 0 Å². The van der Waals surface area contributed by atoms with Crippen LogP contribution in [0, 0.1) is 6.92 Å². The highest BCUT2D eigenvalue weighted by Crippen LogP contribution is 2.28. The summed E-state index contributed by atoms with van der Waals surface area (Å²) < 4.78 is 8.06. The molecule has 1 fully saturated rings. The Bertz CT molecular complexity index is 1320. The van der Waals surface area contributed by atoms with Crippen molar-refractivity contribution < 1.29 is 4.74 Å². The SMILES string of the molecule is Cc1ccc(C(C)(C)C)cc1Cc1nc(N2CCC(Oc3ccncn3)CC2)nc2ncn(C)c12. The van der Waals surface area contributed by atoms with Gasteiger partial charge in [0.1, 0.15) is 17.9 Å². The van der Waals surface area contributed by atoms with Gasteiger partial charge in [-0.3, -0.25) is 0 Å². The van der Waals surface area contributed by atoms with Crippen molar-refractivity contribution in [2.45, 2.75) is 58.5 Å². The van der Waals surface area contributed by atoms with Crippen LogP contribution in [0.5, 0.6) is 5.88 Å². The molecule has 8 nitrogen and oxygen atoms in total. The first-order chi connectivity index (χ1) is 16.8. The summed E-state index contributed by atoms with van der Waals surface area (Å²) in [7, 11) is 2.01. The molecule has 1 aliphatic rings. The molecule has 4 aromatic rings. The van der Waals surface area contributed by atoms with E-state index in [4.69, 9.17) is 14.7 Å². The molecule has 0 N–H and O–H groups in total. The molecule has 182 valence electrons. The maximum atomic E-state index is 6.03. The van der Waals surface area contributed by atoms with Crippen LogP contribution in [0.15, 0.2) is 43.1 Å². The molecule has 0 bridgehead atoms. The fourth-order valence-electron chi connectivity index (χ4n) is 4.59. The molecule has 0 saturated carbocycles. The van der Waals surface area contributed by atoms with E-state index < -0.39 is 0 Å². The highest BCUT2D eigenvalue weighted by atomic mass is 16.5. The summed E-state index contributed by atoms with van der Waals surface area (Å²) in [5, 5.41) is 0. The molecule has 0 unspecified atom stereocenters. The average molecular weight is 472 g/mol. The largest absolute Gasteiger partial charge is 0.474 e. The topological polar surface area (TPSA) is 81.8 Å². The van der Waals surface area contributed by atoms with Gasteiger partial charge in [-0.05, 0) is 29.0 Å². The first kappa shape index (κ1) is 23.2. The Morgan fingerprint density at radius 1 is 1.06 bits per heavy atom. The van der Waals surface area contributed by atoms with Gasteiger partial charge in [0.25, 0.3) is 0 Å². The molecule has 1 aliphatic heterocycles. The summed E-state index contributed by atoms with van der Waals surface area (Å²) in [6.07, 6.45) is 7.68. The van der Waals surface area contributed by atoms with Gasteiger partial charge in [-0.25, -0.2) is 19.9 Å². The van der Waals surface area contributed by atoms with Crippen molar-refractivity contribution in [3.63, 3.8) is 0 Å². The third-order valence-corrected chi connectivity index (χ3v) is 6.77. The fraction of sp³-hybridized carbons (Fsp3) is 0.444. The molecule has 4 heterocycles. The lowest BCUT2D eigenvalue weighted by Crippen LogP contribution is -2.39. The zero-order valence-corrected chi connectivity index (χ0v) is 21.2. The summed E-state index contributed by atoms with van der Waals surface area (Å²) in [4.78, 5) is 24.9. The van der Waals surface area contributed by atoms with E-state index in [9.17, 15) is 0 Å². The van der Waals surface area contributed by atoms with Crippen molar-refractivity contribution in [3.8, 4) is 5.88 Å². The van der Waals surface area contributed by atoms with Crippen molar-refractivity contribution in [3.05, 3.63) is 65.5 Å². The molecule has 5 rings (SSSR count). The van der Waals surface area contributed by atoms with E-state index >= 15 is 0 Å². The van der Waals surface area contributed by atoms with Crippen molar-refractivity contribution in [2.24, 2.45) is 7.05 Å². The van der Waals surface area contributed by atoms with Gasteiger partial charge in [0.15, 0.2) is 5.65 Å². The number of imidazole rings is 1. The van der Waals surface area contributed by atoms with Gasteiger partial charge in [0, 0.05) is 51.7 Å². The number of hydrogen-bond donors (Lipinski definition) is 0. The van der Waals surface area contributed by atoms with Crippen molar-refractivity contribution in [1.29, 1.82) is 0 Å². The number of rotatable bonds is 5. The summed E-state index contributed by atoms with van der Waals surface area (Å²) in [5.41, 5.74) is 6.75. The number of aryl methyl sites for hydroxylation is 2. The highest BCUT2D eigenvalue weighted by Gasteiger charge is 2.25. The molecule has 0 spiro atoms. The third-order valence-electron chi connectivity index (χ3n) is 6.77. The molecular formula is C27H33N7O. The predicted molar refractivity (Wildman–Crippen MR) is 137 cm³/mol. The number of nitrogens with zero attached hydrogens (tertiary/aromatic N) is 7. The number of hydrogen-bond acceptors (Lipinski definition) is 7. The zero-order chi connectivity index (χ0) is 24.6. The molecule has 3 aromatic heterocycles. The fourth-order valence-corrected chi connectivity index (χ4v) is 4.59. The summed E-state index contributed by atoms with van der Waals surface area (Å²) in [5.74, 6) is 1.37. The molecule has 35 heavy (non-hydrogen) atoms. The third kappa shape index (κ3) is 4.97. The smallest absolute Gasteiger partial charge is 0.227 e. The normalized spacial score (nSPS) is 15.1. The lowest BCUT2D eigenvalue weighted by atomic mass is 9.84. The summed E-state index contributed by atoms with van der Waals surface area (Å²) >= 11 is 0. The Morgan fingerprint density at radius 2 is 1.86 bits per heavy atom. The molecule has 0 radical (unpaired) electrons. The van der Waals surface area contributed by atoms with E-state index in [1.165, 1.54) is 23.0 Å². The Kier molecular flexibility index (Phi) is 6.13. The van der Waals surface area contributed by atoms with Gasteiger partial charge < -0.3 is 14.2 Å². The maximum absolute atomic E-state index is 6.03. The number of benzene rings is 1. The molecular weight excluding hydrogens is 438 g/mol. The van der Waals surface area contributed by atoms with Crippen LogP contribution in [0.4, 0.5) is 5.95 Å². The van der Waals surface area contributed by atoms with Crippen molar-refractivity contribution in [1.82, 2.24) is 29.5 Å². The van der Waals surface area contributed by atoms with Gasteiger partial charge in [0.2, 0.25) is 11.8 Å². The van der Waals surface area contributed by atoms with Crippen LogP contribution in [0.1, 0.15) is 56.0 Å². The van der Waals surface area contributed by atoms with E-state index in [1.54, 1.807) is 12.3 Å². The molecule has 1 aromatic carbocycles. The zero-order valence-electron chi connectivity index (χ0n) is 21.2. The van der Waals surface area contributed by atoms with Crippen LogP contribution >= 0.6 is 0 Å². The lowest BCUT2D eigenvalue weighted by Gasteiger charge is -2.32. The van der Waals surface area contributed by atoms with E-state index in [1.807, 2.05) is 17.9 Å². The molecule has 8 heteroatoms. The number of anilines is 1. The van der Waals surface area contributed by atoms with Gasteiger partial charge in [-0.1, -0.05) is 39.0 Å². The van der Waals surface area contributed by atoms with Crippen LogP contribution in [-0.4, -0.2) is 48.7 Å². The van der Waals surface area contributed by atoms with Crippen molar-refractivity contribution >= 4 is 17.1 Å². The Morgan fingerprint density at radius 3 is 2.57 bits per heavy atom. The molecule has 0 atom stereocenters. The summed E-state index contributed by atoms with van der Waals surface area (Å²) in [6.45, 7) is 10.6. The Labute approximate surface area is 206 Å². The van der Waals surface area contributed by atoms with Crippen LogP contribution in [0.25, 0.3) is 11.2 Å². The Balaban J connectivity index is 1.40. The van der Waals surface area contributed by atoms with E-state index in [2.05, 4.69) is 65.7 Å². The predicted octanol–water partition coefficient (Wildman–Crippen LogP) is 4.40. The van der Waals surface area contributed by atoms with Gasteiger partial charge in [-0.15, -0.1) is 0 Å². The number of aromatic nitrogens is 6. The van der Waals surface area contributed by atoms with Crippen LogP contribution < -0.4 is 9.64 Å². The first-order valence-corrected chi connectivity index (χ1v) is 12.2. The van der Waals surface area contributed by atoms with Gasteiger partial charge in [0.05, 0.1) is 12.0 Å². The lowest BCUT2D eigenvalue weighted by molar-refractivity contribution is 0.163. The van der Waals surface area contributed by atoms with Gasteiger partial charge in [-0.2, -0.15) is 4.98 Å². The van der Waals surface area contributed by atoms with Crippen molar-refractivity contribution in [2.75, 3.05) is 18.0 Å². The number of ether oxygens (including phenoxy) is 1. The maximum Gasteiger partial charge on any atom is 0.227 e. The highest BCUT2D eigenvalue weighted by molar-refractivity contribution is 5.75. The minimum atomic E-state index is 0.0966. The number of fused-ring (bicyclic) bond motifs is 1. The molecule has 0 aliphatic carbocycles.